The van der Waals surface area contributed by atoms with Gasteiger partial charge in [-0.3, -0.25) is 0 Å². The summed E-state index contributed by atoms with van der Waals surface area (Å²) in [5.41, 5.74) is 0. The molecule has 3 heterocycles. The summed E-state index contributed by atoms with van der Waals surface area (Å²) in [4.78, 5) is 0. The first-order valence-electron chi connectivity index (χ1n) is 24.0. The molecule has 14 nitrogen and oxygen atoms in total. The second kappa shape index (κ2) is 35.7. The van der Waals surface area contributed by atoms with Crippen molar-refractivity contribution in [2.75, 3.05) is 107 Å². The molecule has 10 atom stereocenters. The lowest BCUT2D eigenvalue weighted by atomic mass is 9.98. The zero-order valence-corrected chi connectivity index (χ0v) is 38.7. The Kier molecular flexibility index (Phi) is 32.0. The Morgan fingerprint density at radius 2 is 0.717 bits per heavy atom. The van der Waals surface area contributed by atoms with E-state index in [2.05, 4.69) is 27.7 Å². The van der Waals surface area contributed by atoms with Gasteiger partial charge in [0.05, 0.1) is 66.1 Å². The largest absolute Gasteiger partial charge is 0.379 e. The van der Waals surface area contributed by atoms with E-state index >= 15 is 0 Å². The van der Waals surface area contributed by atoms with Crippen molar-refractivity contribution in [1.29, 1.82) is 0 Å². The molecule has 0 saturated carbocycles. The van der Waals surface area contributed by atoms with E-state index in [1.807, 2.05) is 0 Å². The van der Waals surface area contributed by atoms with Gasteiger partial charge in [0.25, 0.3) is 0 Å². The van der Waals surface area contributed by atoms with Gasteiger partial charge in [0.1, 0.15) is 48.8 Å². The highest BCUT2D eigenvalue weighted by atomic mass is 16.7. The Morgan fingerprint density at radius 3 is 1.05 bits per heavy atom. The summed E-state index contributed by atoms with van der Waals surface area (Å²) in [6.07, 6.45) is 12.8. The molecule has 356 valence electrons. The fourth-order valence-electron chi connectivity index (χ4n) is 7.87. The Hall–Kier alpha value is -0.560. The van der Waals surface area contributed by atoms with E-state index in [0.717, 1.165) is 64.2 Å². The third-order valence-corrected chi connectivity index (χ3v) is 11.3. The Bertz CT molecular complexity index is 892. The van der Waals surface area contributed by atoms with Gasteiger partial charge in [-0.2, -0.15) is 0 Å². The van der Waals surface area contributed by atoms with Crippen molar-refractivity contribution in [3.63, 3.8) is 0 Å². The summed E-state index contributed by atoms with van der Waals surface area (Å²) in [7, 11) is 3.26. The zero-order valence-electron chi connectivity index (χ0n) is 38.7. The molecule has 0 aromatic rings. The molecular formula is C46H88O14. The molecule has 3 rings (SSSR count). The van der Waals surface area contributed by atoms with Crippen molar-refractivity contribution in [1.82, 2.24) is 0 Å². The molecule has 0 aliphatic carbocycles. The van der Waals surface area contributed by atoms with Crippen LogP contribution in [0, 0.1) is 0 Å². The summed E-state index contributed by atoms with van der Waals surface area (Å²) in [5.74, 6) is 0. The molecule has 60 heavy (non-hydrogen) atoms. The molecule has 0 bridgehead atoms. The molecule has 0 spiro atoms. The lowest BCUT2D eigenvalue weighted by molar-refractivity contribution is -0.322. The third-order valence-electron chi connectivity index (χ3n) is 11.3. The summed E-state index contributed by atoms with van der Waals surface area (Å²) in [6, 6.07) is 0. The van der Waals surface area contributed by atoms with Crippen molar-refractivity contribution >= 4 is 0 Å². The SMILES string of the molecule is CCCCCCOC[C@H]1O[C@H](OC)[C@@H]2OCCOCCO[C@@H]3[C@@H](OCCOCCO[C@H]2[C@@H]1OCCCCCC)[C@@H](OC)O[C@H](COCCCCCC)[C@H]3OCCCCCC. The van der Waals surface area contributed by atoms with Crippen molar-refractivity contribution < 1.29 is 66.3 Å². The van der Waals surface area contributed by atoms with E-state index in [9.17, 15) is 0 Å². The van der Waals surface area contributed by atoms with Crippen LogP contribution in [0.1, 0.15) is 130 Å². The van der Waals surface area contributed by atoms with Gasteiger partial charge >= 0.3 is 0 Å². The summed E-state index contributed by atoms with van der Waals surface area (Å²) < 4.78 is 88.7. The van der Waals surface area contributed by atoms with Gasteiger partial charge in [-0.1, -0.05) is 105 Å². The minimum atomic E-state index is -0.682. The van der Waals surface area contributed by atoms with Crippen molar-refractivity contribution in [2.45, 2.75) is 192 Å². The van der Waals surface area contributed by atoms with Crippen LogP contribution in [-0.2, 0) is 66.3 Å². The molecule has 0 radical (unpaired) electrons. The molecule has 3 aliphatic heterocycles. The smallest absolute Gasteiger partial charge is 0.186 e. The maximum Gasteiger partial charge on any atom is 0.186 e. The van der Waals surface area contributed by atoms with E-state index < -0.39 is 61.4 Å². The van der Waals surface area contributed by atoms with E-state index in [4.69, 9.17) is 66.3 Å². The molecule has 3 aliphatic rings. The highest BCUT2D eigenvalue weighted by molar-refractivity contribution is 4.94. The predicted molar refractivity (Wildman–Crippen MR) is 230 cm³/mol. The van der Waals surface area contributed by atoms with Crippen LogP contribution in [0.5, 0.6) is 0 Å². The average molecular weight is 865 g/mol. The highest BCUT2D eigenvalue weighted by Crippen LogP contribution is 2.31. The molecule has 3 saturated heterocycles. The Labute approximate surface area is 364 Å². The molecular weight excluding hydrogens is 776 g/mol. The van der Waals surface area contributed by atoms with Gasteiger partial charge in [-0.25, -0.2) is 0 Å². The van der Waals surface area contributed by atoms with Crippen LogP contribution >= 0.6 is 0 Å². The second-order valence-corrected chi connectivity index (χ2v) is 16.2. The highest BCUT2D eigenvalue weighted by Gasteiger charge is 2.50. The number of methoxy groups -OCH3 is 2. The topological polar surface area (TPSA) is 129 Å². The van der Waals surface area contributed by atoms with Crippen LogP contribution in [0.3, 0.4) is 0 Å². The van der Waals surface area contributed by atoms with Crippen LogP contribution in [-0.4, -0.2) is 168 Å². The lowest BCUT2D eigenvalue weighted by Crippen LogP contribution is -2.62. The van der Waals surface area contributed by atoms with Crippen LogP contribution in [0.4, 0.5) is 0 Å². The van der Waals surface area contributed by atoms with Gasteiger partial charge in [0.15, 0.2) is 12.6 Å². The minimum Gasteiger partial charge on any atom is -0.379 e. The third kappa shape index (κ3) is 21.0. The van der Waals surface area contributed by atoms with E-state index in [0.29, 0.717) is 92.5 Å². The first kappa shape index (κ1) is 53.8. The Balaban J connectivity index is 1.71. The quantitative estimate of drug-likeness (QED) is 0.0723. The Morgan fingerprint density at radius 1 is 0.383 bits per heavy atom. The van der Waals surface area contributed by atoms with Crippen LogP contribution in [0.25, 0.3) is 0 Å². The second-order valence-electron chi connectivity index (χ2n) is 16.2. The van der Waals surface area contributed by atoms with Gasteiger partial charge in [-0.15, -0.1) is 0 Å². The van der Waals surface area contributed by atoms with Crippen molar-refractivity contribution in [3.8, 4) is 0 Å². The fraction of sp³-hybridized carbons (Fsp3) is 1.00. The normalized spacial score (nSPS) is 30.3. The van der Waals surface area contributed by atoms with Gasteiger partial charge in [0.2, 0.25) is 0 Å². The zero-order chi connectivity index (χ0) is 42.9. The standard InChI is InChI=1S/C46H88O14/c1-7-11-15-19-23-51-35-37-39(53-25-21-17-13-9-3)41-43(45(47-5)59-37)57-33-29-50-28-32-56-42-40(54-26-22-18-14-10-4)38(36-52-24-20-16-12-8-2)60-46(48-6)44(42)58-34-30-49-27-31-55-41/h37-46H,7-36H2,1-6H3/t37-,38-,39-,40-,41+,42+,43-,44-,45+,46+/m1/s1. The maximum absolute atomic E-state index is 6.61. The van der Waals surface area contributed by atoms with Crippen LogP contribution in [0.15, 0.2) is 0 Å². The van der Waals surface area contributed by atoms with Crippen molar-refractivity contribution in [2.24, 2.45) is 0 Å². The number of hydrogen-bond acceptors (Lipinski definition) is 14. The molecule has 0 N–H and O–H groups in total. The van der Waals surface area contributed by atoms with E-state index in [1.165, 1.54) is 38.5 Å². The maximum atomic E-state index is 6.61. The average Bonchev–Trinajstić information content (AvgIpc) is 3.26. The minimum absolute atomic E-state index is 0.294. The fourth-order valence-corrected chi connectivity index (χ4v) is 7.87. The molecule has 0 aromatic heterocycles. The van der Waals surface area contributed by atoms with Crippen LogP contribution < -0.4 is 0 Å². The molecule has 0 amide bonds. The molecule has 0 aromatic carbocycles. The van der Waals surface area contributed by atoms with Gasteiger partial charge in [-0.05, 0) is 25.7 Å². The molecule has 0 unspecified atom stereocenters. The first-order valence-corrected chi connectivity index (χ1v) is 24.0. The van der Waals surface area contributed by atoms with Gasteiger partial charge < -0.3 is 66.3 Å². The van der Waals surface area contributed by atoms with E-state index in [1.54, 1.807) is 14.2 Å². The molecule has 14 heteroatoms. The lowest BCUT2D eigenvalue weighted by Gasteiger charge is -2.45. The van der Waals surface area contributed by atoms with E-state index in [-0.39, 0.29) is 0 Å². The predicted octanol–water partition coefficient (Wildman–Crippen LogP) is 7.44. The summed E-state index contributed by atoms with van der Waals surface area (Å²) in [5, 5.41) is 0. The first-order chi connectivity index (χ1) is 29.6. The number of rotatable bonds is 28. The summed E-state index contributed by atoms with van der Waals surface area (Å²) >= 11 is 0. The number of fused-ring (bicyclic) bond motifs is 2. The number of unbranched alkanes of at least 4 members (excludes halogenated alkanes) is 12. The summed E-state index contributed by atoms with van der Waals surface area (Å²) in [6.45, 7) is 14.7. The van der Waals surface area contributed by atoms with Crippen molar-refractivity contribution in [3.05, 3.63) is 0 Å². The van der Waals surface area contributed by atoms with Gasteiger partial charge in [0, 0.05) is 40.6 Å². The van der Waals surface area contributed by atoms with Crippen LogP contribution in [0.2, 0.25) is 0 Å². The molecule has 3 fully saturated rings. The monoisotopic (exact) mass is 865 g/mol. The number of hydrogen-bond donors (Lipinski definition) is 0. The number of ether oxygens (including phenoxy) is 14.